The fourth-order valence-corrected chi connectivity index (χ4v) is 2.74. The molecule has 2 unspecified atom stereocenters. The summed E-state index contributed by atoms with van der Waals surface area (Å²) in [6.45, 7) is 4.92. The van der Waals surface area contributed by atoms with Gasteiger partial charge in [0.15, 0.2) is 0 Å². The minimum atomic E-state index is -0.218. The smallest absolute Gasteiger partial charge is 0.123 e. The van der Waals surface area contributed by atoms with Gasteiger partial charge in [0, 0.05) is 31.8 Å². The second kappa shape index (κ2) is 7.16. The summed E-state index contributed by atoms with van der Waals surface area (Å²) in [7, 11) is 2.11. The van der Waals surface area contributed by atoms with Gasteiger partial charge in [-0.05, 0) is 50.4 Å². The quantitative estimate of drug-likeness (QED) is 0.901. The highest BCUT2D eigenvalue weighted by molar-refractivity contribution is 5.20. The van der Waals surface area contributed by atoms with Crippen molar-refractivity contribution >= 4 is 0 Å². The van der Waals surface area contributed by atoms with Gasteiger partial charge in [-0.2, -0.15) is 0 Å². The van der Waals surface area contributed by atoms with Gasteiger partial charge in [-0.1, -0.05) is 12.1 Å². The molecule has 3 nitrogen and oxygen atoms in total. The van der Waals surface area contributed by atoms with Gasteiger partial charge in [0.2, 0.25) is 0 Å². The minimum absolute atomic E-state index is 0.0968. The molecular weight excluding hydrogens is 255 g/mol. The maximum absolute atomic E-state index is 13.0. The Bertz CT molecular complexity index is 403. The first-order valence-electron chi connectivity index (χ1n) is 7.37. The number of hydrogen-bond acceptors (Lipinski definition) is 3. The first kappa shape index (κ1) is 15.4. The molecule has 1 saturated heterocycles. The number of nitrogens with zero attached hydrogens (tertiary/aromatic N) is 1. The SMILES string of the molecule is CC(C(N)c1ccc(F)cc1)N(C)CC1CCOCC1. The molecule has 0 bridgehead atoms. The molecule has 0 aromatic heterocycles. The molecule has 4 heteroatoms. The Morgan fingerprint density at radius 3 is 2.50 bits per heavy atom. The largest absolute Gasteiger partial charge is 0.381 e. The van der Waals surface area contributed by atoms with Crippen LogP contribution in [0.5, 0.6) is 0 Å². The van der Waals surface area contributed by atoms with Crippen molar-refractivity contribution in [1.29, 1.82) is 0 Å². The summed E-state index contributed by atoms with van der Waals surface area (Å²) < 4.78 is 18.3. The van der Waals surface area contributed by atoms with E-state index in [9.17, 15) is 4.39 Å². The van der Waals surface area contributed by atoms with Gasteiger partial charge in [-0.3, -0.25) is 0 Å². The molecule has 2 N–H and O–H groups in total. The maximum atomic E-state index is 13.0. The van der Waals surface area contributed by atoms with Crippen LogP contribution in [0.3, 0.4) is 0 Å². The zero-order valence-electron chi connectivity index (χ0n) is 12.4. The normalized spacial score (nSPS) is 20.1. The van der Waals surface area contributed by atoms with Gasteiger partial charge in [-0.15, -0.1) is 0 Å². The van der Waals surface area contributed by atoms with Crippen LogP contribution in [0.25, 0.3) is 0 Å². The van der Waals surface area contributed by atoms with Crippen LogP contribution in [0, 0.1) is 11.7 Å². The van der Waals surface area contributed by atoms with E-state index in [2.05, 4.69) is 18.9 Å². The van der Waals surface area contributed by atoms with E-state index in [1.54, 1.807) is 12.1 Å². The van der Waals surface area contributed by atoms with E-state index in [0.717, 1.165) is 38.2 Å². The summed E-state index contributed by atoms with van der Waals surface area (Å²) in [6.07, 6.45) is 2.26. The van der Waals surface area contributed by atoms with Gasteiger partial charge in [0.25, 0.3) is 0 Å². The molecule has 1 fully saturated rings. The number of likely N-dealkylation sites (N-methyl/N-ethyl adjacent to an activating group) is 1. The molecule has 1 aliphatic heterocycles. The van der Waals surface area contributed by atoms with Crippen molar-refractivity contribution in [2.24, 2.45) is 11.7 Å². The van der Waals surface area contributed by atoms with Gasteiger partial charge in [0.05, 0.1) is 0 Å². The van der Waals surface area contributed by atoms with Gasteiger partial charge < -0.3 is 15.4 Å². The lowest BCUT2D eigenvalue weighted by atomic mass is 9.96. The van der Waals surface area contributed by atoms with E-state index >= 15 is 0 Å². The van der Waals surface area contributed by atoms with Crippen LogP contribution in [0.1, 0.15) is 31.4 Å². The van der Waals surface area contributed by atoms with Crippen molar-refractivity contribution in [1.82, 2.24) is 4.90 Å². The third kappa shape index (κ3) is 4.01. The van der Waals surface area contributed by atoms with Crippen LogP contribution in [0.2, 0.25) is 0 Å². The molecule has 0 aliphatic carbocycles. The summed E-state index contributed by atoms with van der Waals surface area (Å²) in [5.41, 5.74) is 7.29. The fourth-order valence-electron chi connectivity index (χ4n) is 2.74. The lowest BCUT2D eigenvalue weighted by Gasteiger charge is -2.34. The Labute approximate surface area is 120 Å². The van der Waals surface area contributed by atoms with Crippen molar-refractivity contribution in [3.8, 4) is 0 Å². The standard InChI is InChI=1S/C16H25FN2O/c1-12(16(18)14-3-5-15(17)6-4-14)19(2)11-13-7-9-20-10-8-13/h3-6,12-13,16H,7-11,18H2,1-2H3. The summed E-state index contributed by atoms with van der Waals surface area (Å²) in [6, 6.07) is 6.63. The van der Waals surface area contributed by atoms with E-state index < -0.39 is 0 Å². The van der Waals surface area contributed by atoms with E-state index in [1.807, 2.05) is 0 Å². The molecule has 1 aromatic carbocycles. The Morgan fingerprint density at radius 2 is 1.90 bits per heavy atom. The van der Waals surface area contributed by atoms with Crippen molar-refractivity contribution in [2.75, 3.05) is 26.8 Å². The highest BCUT2D eigenvalue weighted by atomic mass is 19.1. The predicted molar refractivity (Wildman–Crippen MR) is 79.0 cm³/mol. The average molecular weight is 280 g/mol. The summed E-state index contributed by atoms with van der Waals surface area (Å²) in [5, 5.41) is 0. The van der Waals surface area contributed by atoms with E-state index in [0.29, 0.717) is 5.92 Å². The molecule has 2 atom stereocenters. The third-order valence-corrected chi connectivity index (χ3v) is 4.36. The summed E-state index contributed by atoms with van der Waals surface area (Å²) >= 11 is 0. The monoisotopic (exact) mass is 280 g/mol. The second-order valence-corrected chi connectivity index (χ2v) is 5.81. The van der Waals surface area contributed by atoms with Crippen LogP contribution in [0.15, 0.2) is 24.3 Å². The highest BCUT2D eigenvalue weighted by Gasteiger charge is 2.23. The van der Waals surface area contributed by atoms with E-state index in [4.69, 9.17) is 10.5 Å². The highest BCUT2D eigenvalue weighted by Crippen LogP contribution is 2.21. The zero-order valence-corrected chi connectivity index (χ0v) is 12.4. The van der Waals surface area contributed by atoms with Crippen LogP contribution >= 0.6 is 0 Å². The van der Waals surface area contributed by atoms with Crippen molar-refractivity contribution < 1.29 is 9.13 Å². The number of hydrogen-bond donors (Lipinski definition) is 1. The lowest BCUT2D eigenvalue weighted by molar-refractivity contribution is 0.0497. The molecule has 0 spiro atoms. The molecule has 20 heavy (non-hydrogen) atoms. The first-order valence-corrected chi connectivity index (χ1v) is 7.37. The minimum Gasteiger partial charge on any atom is -0.381 e. The Kier molecular flexibility index (Phi) is 5.52. The van der Waals surface area contributed by atoms with Crippen molar-refractivity contribution in [2.45, 2.75) is 31.8 Å². The number of benzene rings is 1. The van der Waals surface area contributed by atoms with Crippen LogP contribution < -0.4 is 5.73 Å². The lowest BCUT2D eigenvalue weighted by Crippen LogP contribution is -2.41. The van der Waals surface area contributed by atoms with E-state index in [1.165, 1.54) is 12.1 Å². The topological polar surface area (TPSA) is 38.5 Å². The summed E-state index contributed by atoms with van der Waals surface area (Å²) in [4.78, 5) is 2.31. The van der Waals surface area contributed by atoms with Crippen LogP contribution in [0.4, 0.5) is 4.39 Å². The molecular formula is C16H25FN2O. The number of ether oxygens (including phenoxy) is 1. The van der Waals surface area contributed by atoms with Gasteiger partial charge in [0.1, 0.15) is 5.82 Å². The molecule has 1 aliphatic rings. The maximum Gasteiger partial charge on any atom is 0.123 e. The number of nitrogens with two attached hydrogens (primary N) is 1. The van der Waals surface area contributed by atoms with Crippen molar-refractivity contribution in [3.63, 3.8) is 0 Å². The average Bonchev–Trinajstić information content (AvgIpc) is 2.47. The number of rotatable bonds is 5. The molecule has 1 heterocycles. The second-order valence-electron chi connectivity index (χ2n) is 5.81. The van der Waals surface area contributed by atoms with Gasteiger partial charge in [-0.25, -0.2) is 4.39 Å². The first-order chi connectivity index (χ1) is 9.58. The molecule has 112 valence electrons. The predicted octanol–water partition coefficient (Wildman–Crippen LogP) is 2.57. The molecule has 1 aromatic rings. The van der Waals surface area contributed by atoms with E-state index in [-0.39, 0.29) is 17.9 Å². The molecule has 0 saturated carbocycles. The third-order valence-electron chi connectivity index (χ3n) is 4.36. The van der Waals surface area contributed by atoms with Crippen LogP contribution in [-0.2, 0) is 4.74 Å². The zero-order chi connectivity index (χ0) is 14.5. The molecule has 0 radical (unpaired) electrons. The van der Waals surface area contributed by atoms with Gasteiger partial charge >= 0.3 is 0 Å². The van der Waals surface area contributed by atoms with Crippen LogP contribution in [-0.4, -0.2) is 37.7 Å². The Hall–Kier alpha value is -0.970. The molecule has 2 rings (SSSR count). The Morgan fingerprint density at radius 1 is 1.30 bits per heavy atom. The fraction of sp³-hybridized carbons (Fsp3) is 0.625. The number of halogens is 1. The Balaban J connectivity index is 1.91. The molecule has 0 amide bonds. The van der Waals surface area contributed by atoms with Crippen molar-refractivity contribution in [3.05, 3.63) is 35.6 Å². The summed E-state index contributed by atoms with van der Waals surface area (Å²) in [5.74, 6) is 0.473.